The number of hydrogen-bond acceptors (Lipinski definition) is 2. The normalized spacial score (nSPS) is 11.4. The minimum absolute atomic E-state index is 0.822. The molecule has 0 fully saturated rings. The molecule has 0 unspecified atom stereocenters. The Morgan fingerprint density at radius 3 is 2.31 bits per heavy atom. The molecule has 0 spiro atoms. The number of imidazole rings is 1. The van der Waals surface area contributed by atoms with E-state index < -0.39 is 0 Å². The van der Waals surface area contributed by atoms with Crippen LogP contribution in [0, 0.1) is 0 Å². The molecule has 4 heteroatoms. The molecule has 3 aromatic rings. The standard InChI is InChI=1S/C22H30N4/c1-4-18-11-13-19(14-12-18)17-23-22-24-20-9-7-8-10-21(20)26(22)16-15-25(5-2)6-3/h7-14H,4-6,15-17H2,1-3H3,(H,23,24)/p+1. The number of aromatic amines is 1. The Morgan fingerprint density at radius 1 is 0.923 bits per heavy atom. The topological polar surface area (TPSA) is 34.9 Å². The van der Waals surface area contributed by atoms with Gasteiger partial charge in [0.25, 0.3) is 0 Å². The minimum Gasteiger partial charge on any atom is -0.301 e. The second-order valence-electron chi connectivity index (χ2n) is 6.69. The Labute approximate surface area is 156 Å². The van der Waals surface area contributed by atoms with E-state index in [0.717, 1.165) is 45.1 Å². The van der Waals surface area contributed by atoms with Crippen LogP contribution in [0.1, 0.15) is 31.9 Å². The van der Waals surface area contributed by atoms with Gasteiger partial charge in [0.1, 0.15) is 11.0 Å². The van der Waals surface area contributed by atoms with Gasteiger partial charge in [-0.15, -0.1) is 0 Å². The maximum atomic E-state index is 3.61. The Morgan fingerprint density at radius 2 is 1.62 bits per heavy atom. The molecule has 0 radical (unpaired) electrons. The molecule has 0 saturated carbocycles. The van der Waals surface area contributed by atoms with Crippen molar-refractivity contribution in [1.29, 1.82) is 0 Å². The van der Waals surface area contributed by atoms with Crippen molar-refractivity contribution >= 4 is 17.0 Å². The number of benzene rings is 2. The van der Waals surface area contributed by atoms with Gasteiger partial charge in [-0.3, -0.25) is 5.32 Å². The third-order valence-corrected chi connectivity index (χ3v) is 5.14. The second-order valence-corrected chi connectivity index (χ2v) is 6.69. The third kappa shape index (κ3) is 4.25. The van der Waals surface area contributed by atoms with E-state index in [9.17, 15) is 0 Å². The van der Waals surface area contributed by atoms with Crippen LogP contribution in [0.2, 0.25) is 0 Å². The molecule has 0 saturated heterocycles. The van der Waals surface area contributed by atoms with Crippen molar-refractivity contribution in [1.82, 2.24) is 9.88 Å². The number of hydrogen-bond donors (Lipinski definition) is 2. The minimum atomic E-state index is 0.822. The summed E-state index contributed by atoms with van der Waals surface area (Å²) in [6.45, 7) is 11.7. The van der Waals surface area contributed by atoms with Gasteiger partial charge in [-0.05, 0) is 42.8 Å². The van der Waals surface area contributed by atoms with Crippen LogP contribution in [-0.4, -0.2) is 29.5 Å². The maximum Gasteiger partial charge on any atom is 0.356 e. The monoisotopic (exact) mass is 351 g/mol. The van der Waals surface area contributed by atoms with Crippen molar-refractivity contribution in [3.63, 3.8) is 0 Å². The van der Waals surface area contributed by atoms with E-state index >= 15 is 0 Å². The van der Waals surface area contributed by atoms with Crippen LogP contribution in [-0.2, 0) is 19.5 Å². The van der Waals surface area contributed by atoms with Crippen LogP contribution in [0.5, 0.6) is 0 Å². The summed E-state index contributed by atoms with van der Waals surface area (Å²) in [5, 5.41) is 3.61. The molecule has 0 bridgehead atoms. The van der Waals surface area contributed by atoms with Crippen molar-refractivity contribution < 1.29 is 4.57 Å². The van der Waals surface area contributed by atoms with Crippen molar-refractivity contribution in [3.05, 3.63) is 59.7 Å². The van der Waals surface area contributed by atoms with E-state index in [1.165, 1.54) is 22.2 Å². The largest absolute Gasteiger partial charge is 0.356 e. The van der Waals surface area contributed by atoms with Crippen molar-refractivity contribution in [2.75, 3.05) is 25.0 Å². The lowest BCUT2D eigenvalue weighted by Gasteiger charge is -2.17. The van der Waals surface area contributed by atoms with Gasteiger partial charge in [-0.1, -0.05) is 57.2 Å². The molecule has 0 amide bonds. The zero-order valence-corrected chi connectivity index (χ0v) is 16.3. The lowest BCUT2D eigenvalue weighted by molar-refractivity contribution is -0.656. The summed E-state index contributed by atoms with van der Waals surface area (Å²) in [6.07, 6.45) is 1.08. The SMILES string of the molecule is CCc1ccc(CNc2[nH]c3ccccc3[n+]2CCN(CC)CC)cc1. The number of para-hydroxylation sites is 2. The quantitative estimate of drug-likeness (QED) is 0.572. The van der Waals surface area contributed by atoms with Crippen LogP contribution in [0.25, 0.3) is 11.0 Å². The molecule has 0 aliphatic carbocycles. The second kappa shape index (κ2) is 8.86. The molecular weight excluding hydrogens is 320 g/mol. The van der Waals surface area contributed by atoms with Gasteiger partial charge in [-0.25, -0.2) is 9.55 Å². The summed E-state index contributed by atoms with van der Waals surface area (Å²) >= 11 is 0. The van der Waals surface area contributed by atoms with E-state index in [1.54, 1.807) is 0 Å². The number of nitrogens with one attached hydrogen (secondary N) is 2. The predicted octanol–water partition coefficient (Wildman–Crippen LogP) is 3.97. The van der Waals surface area contributed by atoms with Gasteiger partial charge in [0.2, 0.25) is 0 Å². The van der Waals surface area contributed by atoms with E-state index in [1.807, 2.05) is 0 Å². The number of aromatic nitrogens is 2. The molecule has 2 aromatic carbocycles. The third-order valence-electron chi connectivity index (χ3n) is 5.14. The lowest BCUT2D eigenvalue weighted by Crippen LogP contribution is -2.42. The molecule has 0 atom stereocenters. The van der Waals surface area contributed by atoms with Crippen LogP contribution in [0.15, 0.2) is 48.5 Å². The molecule has 4 nitrogen and oxygen atoms in total. The fourth-order valence-electron chi connectivity index (χ4n) is 3.36. The van der Waals surface area contributed by atoms with Gasteiger partial charge in [-0.2, -0.15) is 0 Å². The van der Waals surface area contributed by atoms with Crippen molar-refractivity contribution in [3.8, 4) is 0 Å². The molecule has 0 aliphatic rings. The first-order valence-corrected chi connectivity index (χ1v) is 9.79. The molecule has 1 aromatic heterocycles. The highest BCUT2D eigenvalue weighted by atomic mass is 15.2. The maximum absolute atomic E-state index is 3.61. The molecule has 1 heterocycles. The number of anilines is 1. The number of fused-ring (bicyclic) bond motifs is 1. The number of H-pyrrole nitrogens is 1. The van der Waals surface area contributed by atoms with Gasteiger partial charge in [0, 0.05) is 6.54 Å². The Bertz CT molecular complexity index is 816. The summed E-state index contributed by atoms with van der Waals surface area (Å²) in [5.41, 5.74) is 5.11. The lowest BCUT2D eigenvalue weighted by atomic mass is 10.1. The number of nitrogens with zero attached hydrogens (tertiary/aromatic N) is 2. The van der Waals surface area contributed by atoms with Crippen LogP contribution >= 0.6 is 0 Å². The van der Waals surface area contributed by atoms with Gasteiger partial charge in [0.05, 0.1) is 13.1 Å². The summed E-state index contributed by atoms with van der Waals surface area (Å²) in [6, 6.07) is 17.4. The molecule has 26 heavy (non-hydrogen) atoms. The summed E-state index contributed by atoms with van der Waals surface area (Å²) in [4.78, 5) is 6.01. The average molecular weight is 352 g/mol. The summed E-state index contributed by atoms with van der Waals surface area (Å²) < 4.78 is 2.37. The highest BCUT2D eigenvalue weighted by Crippen LogP contribution is 2.13. The average Bonchev–Trinajstić information content (AvgIpc) is 3.05. The van der Waals surface area contributed by atoms with E-state index in [-0.39, 0.29) is 0 Å². The number of likely N-dealkylation sites (N-methyl/N-ethyl adjacent to an activating group) is 1. The first-order valence-electron chi connectivity index (χ1n) is 9.79. The first-order chi connectivity index (χ1) is 12.7. The summed E-state index contributed by atoms with van der Waals surface area (Å²) in [5.74, 6) is 1.08. The molecular formula is C22H31N4+. The Kier molecular flexibility index (Phi) is 6.29. The summed E-state index contributed by atoms with van der Waals surface area (Å²) in [7, 11) is 0. The van der Waals surface area contributed by atoms with Crippen molar-refractivity contribution in [2.45, 2.75) is 40.3 Å². The van der Waals surface area contributed by atoms with Gasteiger partial charge < -0.3 is 4.90 Å². The van der Waals surface area contributed by atoms with E-state index in [2.05, 4.69) is 89.1 Å². The van der Waals surface area contributed by atoms with E-state index in [4.69, 9.17) is 0 Å². The predicted molar refractivity (Wildman–Crippen MR) is 109 cm³/mol. The zero-order chi connectivity index (χ0) is 18.4. The molecule has 0 aliphatic heterocycles. The number of aryl methyl sites for hydroxylation is 1. The fourth-order valence-corrected chi connectivity index (χ4v) is 3.36. The highest BCUT2D eigenvalue weighted by molar-refractivity contribution is 5.72. The fraction of sp³-hybridized carbons (Fsp3) is 0.409. The Balaban J connectivity index is 1.78. The van der Waals surface area contributed by atoms with Crippen LogP contribution in [0.3, 0.4) is 0 Å². The zero-order valence-electron chi connectivity index (χ0n) is 16.3. The molecule has 2 N–H and O–H groups in total. The van der Waals surface area contributed by atoms with Gasteiger partial charge >= 0.3 is 5.95 Å². The van der Waals surface area contributed by atoms with E-state index in [0.29, 0.717) is 0 Å². The molecule has 3 rings (SSSR count). The number of rotatable bonds is 9. The van der Waals surface area contributed by atoms with Crippen LogP contribution < -0.4 is 9.88 Å². The van der Waals surface area contributed by atoms with Gasteiger partial charge in [0.15, 0.2) is 0 Å². The molecule has 138 valence electrons. The van der Waals surface area contributed by atoms with Crippen molar-refractivity contribution in [2.24, 2.45) is 0 Å². The van der Waals surface area contributed by atoms with Crippen LogP contribution in [0.4, 0.5) is 5.95 Å². The smallest absolute Gasteiger partial charge is 0.301 e. The first kappa shape index (κ1) is 18.5. The highest BCUT2D eigenvalue weighted by Gasteiger charge is 2.17. The Hall–Kier alpha value is -2.33.